The van der Waals surface area contributed by atoms with Crippen LogP contribution in [0.25, 0.3) is 0 Å². The molecule has 0 saturated carbocycles. The van der Waals surface area contributed by atoms with Crippen LogP contribution in [0.5, 0.6) is 0 Å². The van der Waals surface area contributed by atoms with Crippen LogP contribution < -0.4 is 10.6 Å². The Bertz CT molecular complexity index is 990. The van der Waals surface area contributed by atoms with E-state index in [1.807, 2.05) is 36.7 Å². The zero-order valence-corrected chi connectivity index (χ0v) is 22.4. The Labute approximate surface area is 214 Å². The maximum absolute atomic E-state index is 13.1. The number of esters is 2. The first-order valence-corrected chi connectivity index (χ1v) is 12.5. The van der Waals surface area contributed by atoms with Gasteiger partial charge in [-0.3, -0.25) is 9.88 Å². The summed E-state index contributed by atoms with van der Waals surface area (Å²) in [6.45, 7) is 15.3. The smallest absolute Gasteiger partial charge is 0.343 e. The largest absolute Gasteiger partial charge is 0.458 e. The Morgan fingerprint density at radius 3 is 1.81 bits per heavy atom. The molecular formula is C28H40N4O4. The molecule has 8 heteroatoms. The van der Waals surface area contributed by atoms with E-state index in [1.165, 1.54) is 5.69 Å². The van der Waals surface area contributed by atoms with Gasteiger partial charge in [-0.1, -0.05) is 24.3 Å². The van der Waals surface area contributed by atoms with Gasteiger partial charge in [0, 0.05) is 50.8 Å². The molecule has 1 fully saturated rings. The summed E-state index contributed by atoms with van der Waals surface area (Å²) >= 11 is 0. The minimum Gasteiger partial charge on any atom is -0.458 e. The molecule has 3 rings (SSSR count). The van der Waals surface area contributed by atoms with E-state index in [0.29, 0.717) is 5.56 Å². The SMILES string of the molecule is CC(C)(C)OC(=O)C(N)(C(=O)OC(C)(C)C)c1ccc(CCN2CCN(c3ccncc3)CC2)cc1. The number of carbonyl (C=O) groups excluding carboxylic acids is 2. The second-order valence-corrected chi connectivity index (χ2v) is 11.3. The summed E-state index contributed by atoms with van der Waals surface area (Å²) in [5.41, 5.74) is 5.46. The lowest BCUT2D eigenvalue weighted by atomic mass is 9.89. The fourth-order valence-electron chi connectivity index (χ4n) is 4.04. The highest BCUT2D eigenvalue weighted by Gasteiger charge is 2.49. The Kier molecular flexibility index (Phi) is 8.41. The van der Waals surface area contributed by atoms with E-state index < -0.39 is 28.7 Å². The molecule has 0 spiro atoms. The van der Waals surface area contributed by atoms with Crippen molar-refractivity contribution in [3.8, 4) is 0 Å². The third-order valence-corrected chi connectivity index (χ3v) is 5.97. The summed E-state index contributed by atoms with van der Waals surface area (Å²) in [5.74, 6) is -1.66. The second-order valence-electron chi connectivity index (χ2n) is 11.3. The number of nitrogens with two attached hydrogens (primary N) is 1. The average Bonchev–Trinajstić information content (AvgIpc) is 2.81. The van der Waals surface area contributed by atoms with Crippen molar-refractivity contribution in [3.63, 3.8) is 0 Å². The van der Waals surface area contributed by atoms with Crippen molar-refractivity contribution in [1.82, 2.24) is 9.88 Å². The monoisotopic (exact) mass is 496 g/mol. The lowest BCUT2D eigenvalue weighted by Crippen LogP contribution is -2.56. The summed E-state index contributed by atoms with van der Waals surface area (Å²) in [6, 6.07) is 11.4. The van der Waals surface area contributed by atoms with Crippen LogP contribution in [0.3, 0.4) is 0 Å². The Morgan fingerprint density at radius 1 is 0.833 bits per heavy atom. The molecule has 1 aliphatic rings. The highest BCUT2D eigenvalue weighted by Crippen LogP contribution is 2.27. The van der Waals surface area contributed by atoms with Crippen molar-refractivity contribution < 1.29 is 19.1 Å². The lowest BCUT2D eigenvalue weighted by molar-refractivity contribution is -0.177. The molecule has 1 aromatic carbocycles. The van der Waals surface area contributed by atoms with Crippen LogP contribution in [0, 0.1) is 0 Å². The Morgan fingerprint density at radius 2 is 1.33 bits per heavy atom. The van der Waals surface area contributed by atoms with E-state index in [1.54, 1.807) is 53.7 Å². The van der Waals surface area contributed by atoms with Crippen molar-refractivity contribution >= 4 is 17.6 Å². The molecule has 196 valence electrons. The van der Waals surface area contributed by atoms with Crippen LogP contribution in [0.1, 0.15) is 52.7 Å². The van der Waals surface area contributed by atoms with Gasteiger partial charge in [0.2, 0.25) is 5.54 Å². The van der Waals surface area contributed by atoms with Gasteiger partial charge in [0.05, 0.1) is 0 Å². The number of rotatable bonds is 7. The number of carbonyl (C=O) groups is 2. The number of hydrogen-bond donors (Lipinski definition) is 1. The number of aromatic nitrogens is 1. The van der Waals surface area contributed by atoms with Crippen molar-refractivity contribution in [1.29, 1.82) is 0 Å². The molecule has 2 heterocycles. The topological polar surface area (TPSA) is 98.0 Å². The van der Waals surface area contributed by atoms with Crippen molar-refractivity contribution in [2.24, 2.45) is 5.73 Å². The van der Waals surface area contributed by atoms with Crippen LogP contribution >= 0.6 is 0 Å². The maximum Gasteiger partial charge on any atom is 0.343 e. The van der Waals surface area contributed by atoms with Crippen LogP contribution in [-0.4, -0.2) is 65.7 Å². The normalized spacial score (nSPS) is 15.5. The average molecular weight is 497 g/mol. The number of nitrogens with zero attached hydrogens (tertiary/aromatic N) is 3. The van der Waals surface area contributed by atoms with Gasteiger partial charge >= 0.3 is 11.9 Å². The van der Waals surface area contributed by atoms with Gasteiger partial charge in [0.1, 0.15) is 11.2 Å². The summed E-state index contributed by atoms with van der Waals surface area (Å²) in [6.07, 6.45) is 4.51. The number of pyridine rings is 1. The number of piperazine rings is 1. The minimum absolute atomic E-state index is 0.348. The molecule has 1 aromatic heterocycles. The quantitative estimate of drug-likeness (QED) is 0.461. The fraction of sp³-hybridized carbons (Fsp3) is 0.536. The van der Waals surface area contributed by atoms with E-state index >= 15 is 0 Å². The van der Waals surface area contributed by atoms with E-state index in [2.05, 4.69) is 14.8 Å². The van der Waals surface area contributed by atoms with Crippen LogP contribution in [0.2, 0.25) is 0 Å². The molecule has 1 aliphatic heterocycles. The Hall–Kier alpha value is -2.97. The summed E-state index contributed by atoms with van der Waals surface area (Å²) < 4.78 is 11.0. The molecule has 2 aromatic rings. The number of anilines is 1. The molecule has 36 heavy (non-hydrogen) atoms. The molecule has 0 bridgehead atoms. The van der Waals surface area contributed by atoms with Crippen molar-refractivity contribution in [2.75, 3.05) is 37.6 Å². The highest BCUT2D eigenvalue weighted by atomic mass is 16.6. The van der Waals surface area contributed by atoms with E-state index in [9.17, 15) is 9.59 Å². The first-order valence-electron chi connectivity index (χ1n) is 12.5. The predicted octanol–water partition coefficient (Wildman–Crippen LogP) is 3.28. The zero-order valence-electron chi connectivity index (χ0n) is 22.4. The molecular weight excluding hydrogens is 456 g/mol. The van der Waals surface area contributed by atoms with Gasteiger partial charge in [0.15, 0.2) is 0 Å². The molecule has 1 saturated heterocycles. The predicted molar refractivity (Wildman–Crippen MR) is 141 cm³/mol. The van der Waals surface area contributed by atoms with Gasteiger partial charge in [-0.2, -0.15) is 0 Å². The number of hydrogen-bond acceptors (Lipinski definition) is 8. The standard InChI is InChI=1S/C28H40N4O4/c1-26(2,3)35-24(33)28(29,25(34)36-27(4,5)6)22-9-7-21(8-10-22)13-16-31-17-19-32(20-18-31)23-11-14-30-15-12-23/h7-12,14-15H,13,16-20,29H2,1-6H3. The molecule has 0 aliphatic carbocycles. The number of ether oxygens (including phenoxy) is 2. The van der Waals surface area contributed by atoms with Crippen molar-refractivity contribution in [3.05, 3.63) is 59.9 Å². The molecule has 0 atom stereocenters. The highest BCUT2D eigenvalue weighted by molar-refractivity contribution is 6.05. The summed E-state index contributed by atoms with van der Waals surface area (Å²) in [4.78, 5) is 35.1. The van der Waals surface area contributed by atoms with Gasteiger partial charge < -0.3 is 20.1 Å². The molecule has 2 N–H and O–H groups in total. The van der Waals surface area contributed by atoms with Crippen LogP contribution in [0.4, 0.5) is 5.69 Å². The lowest BCUT2D eigenvalue weighted by Gasteiger charge is -2.36. The third kappa shape index (κ3) is 7.27. The number of benzene rings is 1. The van der Waals surface area contributed by atoms with Gasteiger partial charge in [-0.05, 0) is 71.2 Å². The first-order chi connectivity index (χ1) is 16.8. The second kappa shape index (κ2) is 11.0. The van der Waals surface area contributed by atoms with Gasteiger partial charge in [-0.15, -0.1) is 0 Å². The molecule has 0 amide bonds. The van der Waals surface area contributed by atoms with Gasteiger partial charge in [-0.25, -0.2) is 9.59 Å². The van der Waals surface area contributed by atoms with E-state index in [4.69, 9.17) is 15.2 Å². The zero-order chi connectivity index (χ0) is 26.6. The molecule has 0 unspecified atom stereocenters. The molecule has 0 radical (unpaired) electrons. The summed E-state index contributed by atoms with van der Waals surface area (Å²) in [5, 5.41) is 0. The first kappa shape index (κ1) is 27.6. The fourth-order valence-corrected chi connectivity index (χ4v) is 4.04. The van der Waals surface area contributed by atoms with Gasteiger partial charge in [0.25, 0.3) is 0 Å². The third-order valence-electron chi connectivity index (χ3n) is 5.97. The van der Waals surface area contributed by atoms with Crippen LogP contribution in [-0.2, 0) is 31.0 Å². The van der Waals surface area contributed by atoms with E-state index in [-0.39, 0.29) is 0 Å². The molecule has 8 nitrogen and oxygen atoms in total. The van der Waals surface area contributed by atoms with Crippen molar-refractivity contribution in [2.45, 2.75) is 64.7 Å². The Balaban J connectivity index is 1.65. The maximum atomic E-state index is 13.1. The van der Waals surface area contributed by atoms with E-state index in [0.717, 1.165) is 44.7 Å². The summed E-state index contributed by atoms with van der Waals surface area (Å²) in [7, 11) is 0. The van der Waals surface area contributed by atoms with Crippen LogP contribution in [0.15, 0.2) is 48.8 Å². The minimum atomic E-state index is -2.05.